The summed E-state index contributed by atoms with van der Waals surface area (Å²) in [6.07, 6.45) is 7.10. The van der Waals surface area contributed by atoms with Gasteiger partial charge in [0, 0.05) is 23.4 Å². The van der Waals surface area contributed by atoms with E-state index in [1.807, 2.05) is 0 Å². The number of rotatable bonds is 2. The summed E-state index contributed by atoms with van der Waals surface area (Å²) >= 11 is 9.57. The van der Waals surface area contributed by atoms with Crippen molar-refractivity contribution in [1.82, 2.24) is 0 Å². The van der Waals surface area contributed by atoms with Crippen molar-refractivity contribution in [3.05, 3.63) is 28.2 Å². The smallest absolute Gasteiger partial charge is 0.0511 e. The van der Waals surface area contributed by atoms with Crippen LogP contribution in [0.2, 0.25) is 0 Å². The molecule has 1 saturated heterocycles. The van der Waals surface area contributed by atoms with Gasteiger partial charge in [-0.25, -0.2) is 0 Å². The Kier molecular flexibility index (Phi) is 3.59. The first-order chi connectivity index (χ1) is 8.72. The first-order valence-corrected chi connectivity index (χ1v) is 8.15. The molecule has 1 spiro atoms. The Morgan fingerprint density at radius 2 is 2.00 bits per heavy atom. The molecule has 3 rings (SSSR count). The average molecular weight is 329 g/mol. The van der Waals surface area contributed by atoms with Crippen LogP contribution in [0, 0.1) is 5.41 Å². The normalized spacial score (nSPS) is 22.0. The summed E-state index contributed by atoms with van der Waals surface area (Å²) in [5.41, 5.74) is 3.15. The quantitative estimate of drug-likeness (QED) is 0.694. The topological polar surface area (TPSA) is 3.24 Å². The van der Waals surface area contributed by atoms with Gasteiger partial charge in [-0.15, -0.1) is 11.6 Å². The number of nitrogens with zero attached hydrogens (tertiary/aromatic N) is 1. The van der Waals surface area contributed by atoms with Crippen molar-refractivity contribution >= 4 is 33.2 Å². The van der Waals surface area contributed by atoms with Gasteiger partial charge in [0.15, 0.2) is 0 Å². The SMILES string of the molecule is ClCc1ccc(N2CCC3(CCCC3)C2)c(Br)c1. The van der Waals surface area contributed by atoms with Gasteiger partial charge in [0.2, 0.25) is 0 Å². The van der Waals surface area contributed by atoms with Gasteiger partial charge in [0.1, 0.15) is 0 Å². The minimum Gasteiger partial charge on any atom is -0.370 e. The van der Waals surface area contributed by atoms with Crippen molar-refractivity contribution in [2.75, 3.05) is 18.0 Å². The predicted octanol–water partition coefficient (Wildman–Crippen LogP) is 4.96. The lowest BCUT2D eigenvalue weighted by atomic mass is 9.86. The molecule has 98 valence electrons. The third-order valence-corrected chi connectivity index (χ3v) is 5.55. The number of hydrogen-bond acceptors (Lipinski definition) is 1. The fourth-order valence-corrected chi connectivity index (χ4v) is 4.41. The highest BCUT2D eigenvalue weighted by Gasteiger charge is 2.40. The monoisotopic (exact) mass is 327 g/mol. The van der Waals surface area contributed by atoms with Gasteiger partial charge in [-0.05, 0) is 58.3 Å². The van der Waals surface area contributed by atoms with Crippen LogP contribution in [-0.2, 0) is 5.88 Å². The van der Waals surface area contributed by atoms with Crippen molar-refractivity contribution in [1.29, 1.82) is 0 Å². The van der Waals surface area contributed by atoms with E-state index >= 15 is 0 Å². The average Bonchev–Trinajstić information content (AvgIpc) is 3.00. The molecule has 1 aromatic carbocycles. The second-order valence-corrected chi connectivity index (χ2v) is 6.92. The fourth-order valence-electron chi connectivity index (χ4n) is 3.56. The molecule has 0 bridgehead atoms. The standard InChI is InChI=1S/C15H19BrClN/c16-13-9-12(10-17)3-4-14(13)18-8-7-15(11-18)5-1-2-6-15/h3-4,9H,1-2,5-8,10-11H2. The molecule has 1 aliphatic heterocycles. The first-order valence-electron chi connectivity index (χ1n) is 6.82. The van der Waals surface area contributed by atoms with Crippen LogP contribution in [0.3, 0.4) is 0 Å². The van der Waals surface area contributed by atoms with Gasteiger partial charge in [0.25, 0.3) is 0 Å². The molecule has 2 fully saturated rings. The van der Waals surface area contributed by atoms with Crippen LogP contribution in [0.4, 0.5) is 5.69 Å². The second kappa shape index (κ2) is 5.05. The van der Waals surface area contributed by atoms with Crippen LogP contribution in [0.15, 0.2) is 22.7 Å². The van der Waals surface area contributed by atoms with E-state index in [0.717, 1.165) is 0 Å². The van der Waals surface area contributed by atoms with E-state index < -0.39 is 0 Å². The van der Waals surface area contributed by atoms with Crippen LogP contribution in [0.1, 0.15) is 37.7 Å². The predicted molar refractivity (Wildman–Crippen MR) is 81.4 cm³/mol. The molecule has 1 heterocycles. The van der Waals surface area contributed by atoms with Crippen molar-refractivity contribution < 1.29 is 0 Å². The molecule has 0 aromatic heterocycles. The number of alkyl halides is 1. The van der Waals surface area contributed by atoms with E-state index in [2.05, 4.69) is 39.0 Å². The molecule has 0 radical (unpaired) electrons. The van der Waals surface area contributed by atoms with Crippen molar-refractivity contribution in [3.8, 4) is 0 Å². The lowest BCUT2D eigenvalue weighted by molar-refractivity contribution is 0.341. The lowest BCUT2D eigenvalue weighted by Crippen LogP contribution is -2.25. The Morgan fingerprint density at radius 3 is 2.67 bits per heavy atom. The van der Waals surface area contributed by atoms with E-state index in [-0.39, 0.29) is 0 Å². The van der Waals surface area contributed by atoms with Crippen molar-refractivity contribution in [3.63, 3.8) is 0 Å². The molecule has 1 aromatic rings. The van der Waals surface area contributed by atoms with Crippen LogP contribution in [0.25, 0.3) is 0 Å². The molecule has 2 aliphatic rings. The molecular formula is C15H19BrClN. The summed E-state index contributed by atoms with van der Waals surface area (Å²) in [5, 5.41) is 0. The van der Waals surface area contributed by atoms with Gasteiger partial charge in [-0.2, -0.15) is 0 Å². The zero-order chi connectivity index (χ0) is 12.6. The maximum atomic E-state index is 5.87. The molecule has 0 atom stereocenters. The highest BCUT2D eigenvalue weighted by molar-refractivity contribution is 9.10. The Balaban J connectivity index is 1.80. The number of benzene rings is 1. The molecule has 3 heteroatoms. The van der Waals surface area contributed by atoms with Gasteiger partial charge in [0.05, 0.1) is 5.69 Å². The summed E-state index contributed by atoms with van der Waals surface area (Å²) in [6.45, 7) is 2.45. The summed E-state index contributed by atoms with van der Waals surface area (Å²) in [5.74, 6) is 0.586. The Hall–Kier alpha value is -0.210. The van der Waals surface area contributed by atoms with E-state index in [4.69, 9.17) is 11.6 Å². The summed E-state index contributed by atoms with van der Waals surface area (Å²) in [7, 11) is 0. The molecule has 1 nitrogen and oxygen atoms in total. The molecule has 0 unspecified atom stereocenters. The van der Waals surface area contributed by atoms with Crippen LogP contribution < -0.4 is 4.90 Å². The fraction of sp³-hybridized carbons (Fsp3) is 0.600. The number of halogens is 2. The maximum absolute atomic E-state index is 5.87. The number of anilines is 1. The van der Waals surface area contributed by atoms with Crippen molar-refractivity contribution in [2.24, 2.45) is 5.41 Å². The third kappa shape index (κ3) is 2.30. The van der Waals surface area contributed by atoms with E-state index in [0.29, 0.717) is 11.3 Å². The van der Waals surface area contributed by atoms with E-state index in [1.54, 1.807) is 0 Å². The zero-order valence-electron chi connectivity index (χ0n) is 10.6. The van der Waals surface area contributed by atoms with Crippen LogP contribution in [-0.4, -0.2) is 13.1 Å². The highest BCUT2D eigenvalue weighted by atomic mass is 79.9. The second-order valence-electron chi connectivity index (χ2n) is 5.80. The van der Waals surface area contributed by atoms with Gasteiger partial charge < -0.3 is 4.90 Å². The summed E-state index contributed by atoms with van der Waals surface area (Å²) in [6, 6.07) is 6.52. The highest BCUT2D eigenvalue weighted by Crippen LogP contribution is 2.47. The molecule has 0 N–H and O–H groups in total. The molecule has 18 heavy (non-hydrogen) atoms. The molecule has 1 saturated carbocycles. The minimum absolute atomic E-state index is 0.586. The summed E-state index contributed by atoms with van der Waals surface area (Å²) < 4.78 is 1.19. The molecule has 1 aliphatic carbocycles. The summed E-state index contributed by atoms with van der Waals surface area (Å²) in [4.78, 5) is 2.55. The van der Waals surface area contributed by atoms with Gasteiger partial charge >= 0.3 is 0 Å². The molecular weight excluding hydrogens is 310 g/mol. The Bertz CT molecular complexity index is 440. The van der Waals surface area contributed by atoms with E-state index in [1.165, 1.54) is 60.9 Å². The van der Waals surface area contributed by atoms with Crippen molar-refractivity contribution in [2.45, 2.75) is 38.0 Å². The Morgan fingerprint density at radius 1 is 1.22 bits per heavy atom. The largest absolute Gasteiger partial charge is 0.370 e. The Labute approximate surface area is 123 Å². The van der Waals surface area contributed by atoms with Crippen LogP contribution >= 0.6 is 27.5 Å². The number of hydrogen-bond donors (Lipinski definition) is 0. The van der Waals surface area contributed by atoms with Crippen LogP contribution in [0.5, 0.6) is 0 Å². The molecule has 0 amide bonds. The zero-order valence-corrected chi connectivity index (χ0v) is 12.9. The third-order valence-electron chi connectivity index (χ3n) is 4.61. The lowest BCUT2D eigenvalue weighted by Gasteiger charge is -2.25. The van der Waals surface area contributed by atoms with Gasteiger partial charge in [-0.1, -0.05) is 18.9 Å². The minimum atomic E-state index is 0.586. The first kappa shape index (κ1) is 12.8. The maximum Gasteiger partial charge on any atom is 0.0511 e. The van der Waals surface area contributed by atoms with Gasteiger partial charge in [-0.3, -0.25) is 0 Å². The van der Waals surface area contributed by atoms with E-state index in [9.17, 15) is 0 Å².